The van der Waals surface area contributed by atoms with E-state index in [-0.39, 0.29) is 30.2 Å². The summed E-state index contributed by atoms with van der Waals surface area (Å²) in [5.41, 5.74) is 0.732. The van der Waals surface area contributed by atoms with E-state index in [1.807, 2.05) is 12.2 Å². The van der Waals surface area contributed by atoms with Crippen LogP contribution in [0, 0.1) is 11.8 Å². The van der Waals surface area contributed by atoms with E-state index in [0.717, 1.165) is 15.1 Å². The van der Waals surface area contributed by atoms with Crippen molar-refractivity contribution < 1.29 is 14.4 Å². The van der Waals surface area contributed by atoms with Gasteiger partial charge < -0.3 is 5.32 Å². The number of anilines is 1. The van der Waals surface area contributed by atoms with Crippen LogP contribution in [-0.2, 0) is 14.4 Å². The van der Waals surface area contributed by atoms with Crippen LogP contribution in [0.5, 0.6) is 0 Å². The number of allylic oxidation sites excluding steroid dienone is 2. The molecule has 1 saturated heterocycles. The van der Waals surface area contributed by atoms with Crippen LogP contribution in [-0.4, -0.2) is 34.2 Å². The number of benzene rings is 1. The second kappa shape index (κ2) is 6.24. The summed E-state index contributed by atoms with van der Waals surface area (Å²) in [6.45, 7) is -0.276. The van der Waals surface area contributed by atoms with Gasteiger partial charge in [0.2, 0.25) is 17.7 Å². The van der Waals surface area contributed by atoms with Crippen LogP contribution in [0.1, 0.15) is 12.8 Å². The van der Waals surface area contributed by atoms with Gasteiger partial charge in [-0.15, -0.1) is 0 Å². The van der Waals surface area contributed by atoms with Gasteiger partial charge in [-0.05, 0) is 31.0 Å². The summed E-state index contributed by atoms with van der Waals surface area (Å²) >= 11 is 7.24. The summed E-state index contributed by atoms with van der Waals surface area (Å²) in [4.78, 5) is 42.4. The average molecular weight is 376 g/mol. The lowest BCUT2D eigenvalue weighted by molar-refractivity contribution is -0.142. The minimum Gasteiger partial charge on any atom is -0.300 e. The number of fused-ring (bicyclic) bond motifs is 2. The number of rotatable bonds is 3. The maximum atomic E-state index is 12.4. The number of aromatic nitrogens is 1. The number of carbonyl (C=O) groups excluding carboxylic acids is 3. The van der Waals surface area contributed by atoms with Crippen LogP contribution < -0.4 is 5.32 Å². The predicted octanol–water partition coefficient (Wildman–Crippen LogP) is 2.84. The number of hydrogen-bond acceptors (Lipinski definition) is 5. The minimum atomic E-state index is -0.432. The molecule has 2 heterocycles. The minimum absolute atomic E-state index is 0.259. The first kappa shape index (κ1) is 16.2. The van der Waals surface area contributed by atoms with Crippen molar-refractivity contribution in [1.82, 2.24) is 9.88 Å². The Labute approximate surface area is 152 Å². The first-order valence-corrected chi connectivity index (χ1v) is 9.08. The van der Waals surface area contributed by atoms with Crippen molar-refractivity contribution in [2.45, 2.75) is 12.8 Å². The van der Waals surface area contributed by atoms with E-state index in [0.29, 0.717) is 23.0 Å². The van der Waals surface area contributed by atoms with E-state index in [2.05, 4.69) is 10.3 Å². The SMILES string of the molecule is O=C(CN1C(=O)[C@H]2CC=CC[C@@H]2C1=O)Nc1nc2ccc(Cl)cc2s1. The van der Waals surface area contributed by atoms with Gasteiger partial charge in [0.05, 0.1) is 22.1 Å². The molecule has 0 bridgehead atoms. The van der Waals surface area contributed by atoms with Crippen molar-refractivity contribution in [3.05, 3.63) is 35.4 Å². The van der Waals surface area contributed by atoms with Crippen LogP contribution in [0.2, 0.25) is 5.02 Å². The molecule has 2 atom stereocenters. The lowest BCUT2D eigenvalue weighted by atomic mass is 9.85. The largest absolute Gasteiger partial charge is 0.300 e. The Morgan fingerprint density at radius 2 is 1.92 bits per heavy atom. The molecule has 2 aromatic rings. The number of carbonyl (C=O) groups is 3. The summed E-state index contributed by atoms with van der Waals surface area (Å²) in [5.74, 6) is -1.60. The highest BCUT2D eigenvalue weighted by Crippen LogP contribution is 2.35. The molecule has 3 amide bonds. The maximum absolute atomic E-state index is 12.4. The highest BCUT2D eigenvalue weighted by molar-refractivity contribution is 7.22. The van der Waals surface area contributed by atoms with E-state index in [4.69, 9.17) is 11.6 Å². The Balaban J connectivity index is 1.46. The standard InChI is InChI=1S/C17H14ClN3O3S/c18-9-5-6-12-13(7-9)25-17(19-12)20-14(22)8-21-15(23)10-3-1-2-4-11(10)16(21)24/h1-2,5-7,10-11H,3-4,8H2,(H,19,20,22)/t10-,11-/m0/s1. The third-order valence-corrected chi connectivity index (χ3v) is 5.67. The number of amides is 3. The predicted molar refractivity (Wildman–Crippen MR) is 95.3 cm³/mol. The molecule has 1 aromatic carbocycles. The van der Waals surface area contributed by atoms with Gasteiger partial charge in [-0.3, -0.25) is 19.3 Å². The van der Waals surface area contributed by atoms with Gasteiger partial charge in [-0.1, -0.05) is 35.1 Å². The molecule has 25 heavy (non-hydrogen) atoms. The van der Waals surface area contributed by atoms with E-state index in [1.54, 1.807) is 18.2 Å². The number of nitrogens with one attached hydrogen (secondary N) is 1. The fourth-order valence-corrected chi connectivity index (χ4v) is 4.44. The number of hydrogen-bond donors (Lipinski definition) is 1. The van der Waals surface area contributed by atoms with Gasteiger partial charge in [-0.25, -0.2) is 4.98 Å². The van der Waals surface area contributed by atoms with Crippen molar-refractivity contribution in [3.63, 3.8) is 0 Å². The van der Waals surface area contributed by atoms with Crippen molar-refractivity contribution in [2.24, 2.45) is 11.8 Å². The Kier molecular flexibility index (Phi) is 4.05. The van der Waals surface area contributed by atoms with Crippen molar-refractivity contribution in [3.8, 4) is 0 Å². The Hall–Kier alpha value is -2.25. The molecule has 1 aromatic heterocycles. The zero-order chi connectivity index (χ0) is 17.6. The summed E-state index contributed by atoms with van der Waals surface area (Å²) in [7, 11) is 0. The molecule has 0 saturated carbocycles. The number of halogens is 1. The maximum Gasteiger partial charge on any atom is 0.246 e. The average Bonchev–Trinajstić information content (AvgIpc) is 3.09. The summed E-state index contributed by atoms with van der Waals surface area (Å²) < 4.78 is 0.855. The first-order chi connectivity index (χ1) is 12.0. The molecule has 1 aliphatic carbocycles. The van der Waals surface area contributed by atoms with Gasteiger partial charge in [0.1, 0.15) is 6.54 Å². The monoisotopic (exact) mass is 375 g/mol. The number of nitrogens with zero attached hydrogens (tertiary/aromatic N) is 2. The van der Waals surface area contributed by atoms with Crippen molar-refractivity contribution in [1.29, 1.82) is 0 Å². The van der Waals surface area contributed by atoms with E-state index in [1.165, 1.54) is 11.3 Å². The van der Waals surface area contributed by atoms with Crippen LogP contribution in [0.15, 0.2) is 30.4 Å². The molecule has 128 valence electrons. The topological polar surface area (TPSA) is 79.4 Å². The molecule has 2 aliphatic rings. The molecule has 1 aliphatic heterocycles. The van der Waals surface area contributed by atoms with Gasteiger partial charge in [0, 0.05) is 5.02 Å². The highest BCUT2D eigenvalue weighted by atomic mass is 35.5. The fraction of sp³-hybridized carbons (Fsp3) is 0.294. The second-order valence-corrected chi connectivity index (χ2v) is 7.56. The summed E-state index contributed by atoms with van der Waals surface area (Å²) in [6, 6.07) is 5.27. The Morgan fingerprint density at radius 1 is 1.24 bits per heavy atom. The van der Waals surface area contributed by atoms with Crippen LogP contribution >= 0.6 is 22.9 Å². The van der Waals surface area contributed by atoms with E-state index < -0.39 is 5.91 Å². The zero-order valence-corrected chi connectivity index (χ0v) is 14.6. The van der Waals surface area contributed by atoms with Crippen molar-refractivity contribution >= 4 is 56.0 Å². The van der Waals surface area contributed by atoms with E-state index in [9.17, 15) is 14.4 Å². The smallest absolute Gasteiger partial charge is 0.246 e. The van der Waals surface area contributed by atoms with Gasteiger partial charge >= 0.3 is 0 Å². The van der Waals surface area contributed by atoms with Crippen LogP contribution in [0.3, 0.4) is 0 Å². The summed E-state index contributed by atoms with van der Waals surface area (Å²) in [6.07, 6.45) is 4.96. The molecule has 4 rings (SSSR count). The quantitative estimate of drug-likeness (QED) is 0.660. The number of imide groups is 1. The molecule has 0 spiro atoms. The molecule has 6 nitrogen and oxygen atoms in total. The van der Waals surface area contributed by atoms with E-state index >= 15 is 0 Å². The first-order valence-electron chi connectivity index (χ1n) is 7.89. The molecular weight excluding hydrogens is 362 g/mol. The van der Waals surface area contributed by atoms with Crippen molar-refractivity contribution in [2.75, 3.05) is 11.9 Å². The van der Waals surface area contributed by atoms with Crippen LogP contribution in [0.4, 0.5) is 5.13 Å². The molecule has 1 fully saturated rings. The third kappa shape index (κ3) is 2.94. The van der Waals surface area contributed by atoms with Gasteiger partial charge in [0.15, 0.2) is 5.13 Å². The molecule has 1 N–H and O–H groups in total. The molecule has 8 heteroatoms. The third-order valence-electron chi connectivity index (χ3n) is 4.50. The highest BCUT2D eigenvalue weighted by Gasteiger charge is 2.47. The Morgan fingerprint density at radius 3 is 2.60 bits per heavy atom. The lowest BCUT2D eigenvalue weighted by Gasteiger charge is -2.14. The fourth-order valence-electron chi connectivity index (χ4n) is 3.28. The molecule has 0 unspecified atom stereocenters. The molecule has 0 radical (unpaired) electrons. The summed E-state index contributed by atoms with van der Waals surface area (Å²) in [5, 5.41) is 3.68. The second-order valence-electron chi connectivity index (χ2n) is 6.10. The number of likely N-dealkylation sites (tertiary alicyclic amines) is 1. The lowest BCUT2D eigenvalue weighted by Crippen LogP contribution is -2.38. The van der Waals surface area contributed by atoms with Crippen LogP contribution in [0.25, 0.3) is 10.2 Å². The van der Waals surface area contributed by atoms with Gasteiger partial charge in [-0.2, -0.15) is 0 Å². The van der Waals surface area contributed by atoms with Gasteiger partial charge in [0.25, 0.3) is 0 Å². The Bertz CT molecular complexity index is 897. The normalized spacial score (nSPS) is 22.5. The number of thiazole rings is 1. The zero-order valence-electron chi connectivity index (χ0n) is 13.1. The molecular formula is C17H14ClN3O3S.